The molecular formula is C31H28N2O6. The minimum Gasteiger partial charge on any atom is -0.507 e. The first-order valence-electron chi connectivity index (χ1n) is 12.7. The minimum atomic E-state index is -0.839. The summed E-state index contributed by atoms with van der Waals surface area (Å²) >= 11 is 0. The molecule has 0 radical (unpaired) electrons. The number of ketones is 1. The van der Waals surface area contributed by atoms with Gasteiger partial charge in [0.25, 0.3) is 11.7 Å². The number of likely N-dealkylation sites (tertiary alicyclic amines) is 1. The molecule has 5 rings (SSSR count). The number of carbonyl (C=O) groups excluding carboxylic acids is 3. The Balaban J connectivity index is 1.55. The van der Waals surface area contributed by atoms with Gasteiger partial charge in [-0.1, -0.05) is 30.3 Å². The molecule has 0 aliphatic carbocycles. The molecule has 4 aromatic rings. The number of aromatic nitrogens is 1. The lowest BCUT2D eigenvalue weighted by molar-refractivity contribution is -0.139. The molecule has 1 saturated heterocycles. The van der Waals surface area contributed by atoms with Gasteiger partial charge < -0.3 is 24.5 Å². The Hall–Kier alpha value is -4.85. The first-order chi connectivity index (χ1) is 18.9. The highest BCUT2D eigenvalue weighted by molar-refractivity contribution is 6.46. The van der Waals surface area contributed by atoms with Gasteiger partial charge in [-0.3, -0.25) is 9.59 Å². The van der Waals surface area contributed by atoms with Crippen molar-refractivity contribution in [2.75, 3.05) is 20.3 Å². The average molecular weight is 525 g/mol. The van der Waals surface area contributed by atoms with Gasteiger partial charge in [0.05, 0.1) is 30.9 Å². The largest absolute Gasteiger partial charge is 0.507 e. The van der Waals surface area contributed by atoms with E-state index in [0.717, 1.165) is 16.5 Å². The molecule has 1 aliphatic heterocycles. The van der Waals surface area contributed by atoms with Crippen molar-refractivity contribution in [3.63, 3.8) is 0 Å². The number of para-hydroxylation sites is 1. The van der Waals surface area contributed by atoms with Crippen molar-refractivity contribution >= 4 is 34.3 Å². The predicted molar refractivity (Wildman–Crippen MR) is 146 cm³/mol. The number of carbonyl (C=O) groups is 3. The van der Waals surface area contributed by atoms with E-state index in [0.29, 0.717) is 35.5 Å². The highest BCUT2D eigenvalue weighted by Crippen LogP contribution is 2.40. The number of rotatable bonds is 8. The van der Waals surface area contributed by atoms with Gasteiger partial charge in [-0.15, -0.1) is 0 Å². The van der Waals surface area contributed by atoms with E-state index in [1.54, 1.807) is 48.5 Å². The number of hydrogen-bond donors (Lipinski definition) is 2. The van der Waals surface area contributed by atoms with Gasteiger partial charge in [0.15, 0.2) is 0 Å². The predicted octanol–water partition coefficient (Wildman–Crippen LogP) is 5.02. The highest BCUT2D eigenvalue weighted by atomic mass is 16.5. The number of ether oxygens (including phenoxy) is 2. The maximum absolute atomic E-state index is 13.4. The molecule has 1 fully saturated rings. The topological polar surface area (TPSA) is 109 Å². The van der Waals surface area contributed by atoms with Crippen LogP contribution < -0.4 is 4.74 Å². The van der Waals surface area contributed by atoms with Gasteiger partial charge in [0, 0.05) is 29.2 Å². The smallest absolute Gasteiger partial charge is 0.337 e. The maximum Gasteiger partial charge on any atom is 0.337 e. The second-order valence-electron chi connectivity index (χ2n) is 9.17. The Morgan fingerprint density at radius 3 is 2.36 bits per heavy atom. The van der Waals surface area contributed by atoms with Gasteiger partial charge in [0.1, 0.15) is 11.5 Å². The normalized spacial score (nSPS) is 16.6. The number of nitrogens with zero attached hydrogens (tertiary/aromatic N) is 1. The van der Waals surface area contributed by atoms with Crippen molar-refractivity contribution in [1.82, 2.24) is 9.88 Å². The molecule has 1 amide bonds. The first kappa shape index (κ1) is 25.8. The summed E-state index contributed by atoms with van der Waals surface area (Å²) in [5.74, 6) is -1.59. The van der Waals surface area contributed by atoms with E-state index in [2.05, 4.69) is 4.98 Å². The Kier molecular flexibility index (Phi) is 7.19. The summed E-state index contributed by atoms with van der Waals surface area (Å²) in [6.45, 7) is 2.61. The Bertz CT molecular complexity index is 1570. The average Bonchev–Trinajstić information content (AvgIpc) is 3.49. The standard InChI is InChI=1S/C31H28N2O6/c1-3-39-23-14-12-20(13-15-23)28(34)26-27(19-8-10-21(11-9-19)31(37)38-2)33(30(36)29(26)35)17-16-22-18-32-25-7-5-4-6-24(22)25/h4-15,18,27,32,34H,3,16-17H2,1-2H3. The number of H-pyrrole nitrogens is 1. The number of nitrogens with one attached hydrogen (secondary N) is 1. The fraction of sp³-hybridized carbons (Fsp3) is 0.194. The van der Waals surface area contributed by atoms with Crippen molar-refractivity contribution in [3.8, 4) is 5.75 Å². The van der Waals surface area contributed by atoms with Crippen LogP contribution >= 0.6 is 0 Å². The number of hydrogen-bond acceptors (Lipinski definition) is 6. The summed E-state index contributed by atoms with van der Waals surface area (Å²) in [7, 11) is 1.30. The summed E-state index contributed by atoms with van der Waals surface area (Å²) in [6.07, 6.45) is 2.40. The van der Waals surface area contributed by atoms with E-state index in [1.807, 2.05) is 37.4 Å². The van der Waals surface area contributed by atoms with E-state index in [1.165, 1.54) is 12.0 Å². The summed E-state index contributed by atoms with van der Waals surface area (Å²) in [4.78, 5) is 43.4. The molecule has 1 atom stereocenters. The molecule has 198 valence electrons. The number of aliphatic hydroxyl groups excluding tert-OH is 1. The van der Waals surface area contributed by atoms with Crippen molar-refractivity contribution in [3.05, 3.63) is 107 Å². The zero-order valence-electron chi connectivity index (χ0n) is 21.6. The van der Waals surface area contributed by atoms with Gasteiger partial charge in [-0.2, -0.15) is 0 Å². The SMILES string of the molecule is CCOc1ccc(C(O)=C2C(=O)C(=O)N(CCc3c[nH]c4ccccc34)C2c2ccc(C(=O)OC)cc2)cc1. The third kappa shape index (κ3) is 4.88. The number of fused-ring (bicyclic) bond motifs is 1. The van der Waals surface area contributed by atoms with Crippen LogP contribution in [0.25, 0.3) is 16.7 Å². The number of Topliss-reactive ketones (excluding diaryl/α,β-unsaturated/α-hetero) is 1. The van der Waals surface area contributed by atoms with E-state index in [4.69, 9.17) is 9.47 Å². The first-order valence-corrected chi connectivity index (χ1v) is 12.7. The molecule has 2 heterocycles. The van der Waals surface area contributed by atoms with Crippen LogP contribution in [0.3, 0.4) is 0 Å². The lowest BCUT2D eigenvalue weighted by Crippen LogP contribution is -2.31. The summed E-state index contributed by atoms with van der Waals surface area (Å²) < 4.78 is 10.3. The monoisotopic (exact) mass is 524 g/mol. The van der Waals surface area contributed by atoms with E-state index in [-0.39, 0.29) is 17.9 Å². The van der Waals surface area contributed by atoms with Crippen molar-refractivity contribution in [1.29, 1.82) is 0 Å². The molecule has 2 N–H and O–H groups in total. The molecule has 1 unspecified atom stereocenters. The van der Waals surface area contributed by atoms with E-state index < -0.39 is 23.7 Å². The maximum atomic E-state index is 13.4. The molecule has 0 saturated carbocycles. The van der Waals surface area contributed by atoms with E-state index >= 15 is 0 Å². The van der Waals surface area contributed by atoms with Crippen molar-refractivity contribution in [2.45, 2.75) is 19.4 Å². The van der Waals surface area contributed by atoms with Crippen LogP contribution in [0, 0.1) is 0 Å². The third-order valence-electron chi connectivity index (χ3n) is 6.92. The van der Waals surface area contributed by atoms with Crippen LogP contribution in [0.15, 0.2) is 84.6 Å². The molecule has 0 spiro atoms. The summed E-state index contributed by atoms with van der Waals surface area (Å²) in [5, 5.41) is 12.4. The summed E-state index contributed by atoms with van der Waals surface area (Å²) in [6, 6.07) is 20.2. The number of aromatic amines is 1. The van der Waals surface area contributed by atoms with Gasteiger partial charge in [-0.25, -0.2) is 4.79 Å². The molecule has 39 heavy (non-hydrogen) atoms. The van der Waals surface area contributed by atoms with E-state index in [9.17, 15) is 19.5 Å². The zero-order valence-corrected chi connectivity index (χ0v) is 21.6. The Morgan fingerprint density at radius 2 is 1.67 bits per heavy atom. The number of benzene rings is 3. The molecule has 3 aromatic carbocycles. The molecule has 1 aliphatic rings. The number of aliphatic hydroxyl groups is 1. The number of amides is 1. The van der Waals surface area contributed by atoms with Gasteiger partial charge >= 0.3 is 5.97 Å². The van der Waals surface area contributed by atoms with Crippen molar-refractivity contribution < 1.29 is 29.0 Å². The second-order valence-corrected chi connectivity index (χ2v) is 9.17. The van der Waals surface area contributed by atoms with Crippen LogP contribution in [0.2, 0.25) is 0 Å². The fourth-order valence-electron chi connectivity index (χ4n) is 4.99. The van der Waals surface area contributed by atoms with Gasteiger partial charge in [0.2, 0.25) is 0 Å². The molecule has 8 nitrogen and oxygen atoms in total. The minimum absolute atomic E-state index is 0.00564. The summed E-state index contributed by atoms with van der Waals surface area (Å²) in [5.41, 5.74) is 3.31. The lowest BCUT2D eigenvalue weighted by Gasteiger charge is -2.25. The molecular weight excluding hydrogens is 496 g/mol. The number of methoxy groups -OCH3 is 1. The van der Waals surface area contributed by atoms with Crippen LogP contribution in [0.4, 0.5) is 0 Å². The molecule has 0 bridgehead atoms. The lowest BCUT2D eigenvalue weighted by atomic mass is 9.94. The van der Waals surface area contributed by atoms with Gasteiger partial charge in [-0.05, 0) is 66.9 Å². The quantitative estimate of drug-likeness (QED) is 0.145. The zero-order chi connectivity index (χ0) is 27.5. The second kappa shape index (κ2) is 10.9. The molecule has 8 heteroatoms. The van der Waals surface area contributed by atoms with Crippen LogP contribution in [-0.4, -0.2) is 52.9 Å². The van der Waals surface area contributed by atoms with Crippen molar-refractivity contribution in [2.24, 2.45) is 0 Å². The van der Waals surface area contributed by atoms with Crippen LogP contribution in [-0.2, 0) is 20.7 Å². The Morgan fingerprint density at radius 1 is 0.974 bits per heavy atom. The van der Waals surface area contributed by atoms with Crippen LogP contribution in [0.1, 0.15) is 40.0 Å². The fourth-order valence-corrected chi connectivity index (χ4v) is 4.99. The molecule has 1 aromatic heterocycles. The Labute approximate surface area is 225 Å². The van der Waals surface area contributed by atoms with Crippen LogP contribution in [0.5, 0.6) is 5.75 Å². The highest BCUT2D eigenvalue weighted by Gasteiger charge is 2.46. The third-order valence-corrected chi connectivity index (χ3v) is 6.92. The number of esters is 1.